The molecule has 9 nitrogen and oxygen atoms in total. The van der Waals surface area contributed by atoms with E-state index in [4.69, 9.17) is 14.9 Å². The van der Waals surface area contributed by atoms with Gasteiger partial charge in [-0.05, 0) is 168 Å². The quantitative estimate of drug-likeness (QED) is 0.0498. The van der Waals surface area contributed by atoms with E-state index in [1.54, 1.807) is 28.7 Å². The van der Waals surface area contributed by atoms with Gasteiger partial charge in [-0.1, -0.05) is 48.6 Å². The van der Waals surface area contributed by atoms with Gasteiger partial charge in [0.2, 0.25) is 0 Å². The van der Waals surface area contributed by atoms with Crippen molar-refractivity contribution in [1.29, 1.82) is 0 Å². The summed E-state index contributed by atoms with van der Waals surface area (Å²) in [5.74, 6) is -0.933. The van der Waals surface area contributed by atoms with Gasteiger partial charge >= 0.3 is 11.9 Å². The number of aryl methyl sites for hydroxylation is 3. The summed E-state index contributed by atoms with van der Waals surface area (Å²) in [5.41, 5.74) is 0. The lowest BCUT2D eigenvalue weighted by atomic mass is 9.90. The Morgan fingerprint density at radius 1 is 0.786 bits per heavy atom. The molecule has 0 radical (unpaired) electrons. The fourth-order valence-corrected chi connectivity index (χ4v) is 10.9. The summed E-state index contributed by atoms with van der Waals surface area (Å²) in [4.78, 5) is 24.6. The molecule has 0 spiro atoms. The number of aliphatic hydroxyl groups excluding tert-OH is 4. The summed E-state index contributed by atoms with van der Waals surface area (Å²) < 4.78 is 8.22. The van der Waals surface area contributed by atoms with Crippen molar-refractivity contribution >= 4 is 82.4 Å². The molecule has 2 aromatic heterocycles. The molecule has 6 N–H and O–H groups in total. The zero-order valence-electron chi connectivity index (χ0n) is 31.9. The van der Waals surface area contributed by atoms with E-state index in [1.165, 1.54) is 14.6 Å². The molecule has 0 aliphatic heterocycles. The Morgan fingerprint density at radius 3 is 1.80 bits per heavy atom. The van der Waals surface area contributed by atoms with Crippen LogP contribution in [0.15, 0.2) is 73.5 Å². The van der Waals surface area contributed by atoms with Crippen molar-refractivity contribution in [2.45, 2.75) is 115 Å². The van der Waals surface area contributed by atoms with Crippen molar-refractivity contribution in [3.05, 3.63) is 88.1 Å². The Morgan fingerprint density at radius 2 is 1.32 bits per heavy atom. The van der Waals surface area contributed by atoms with Crippen molar-refractivity contribution in [3.63, 3.8) is 0 Å². The van der Waals surface area contributed by atoms with E-state index in [0.29, 0.717) is 25.7 Å². The topological polar surface area (TPSA) is 165 Å². The number of carbonyl (C=O) groups is 2. The third-order valence-corrected chi connectivity index (χ3v) is 15.7. The van der Waals surface area contributed by atoms with Crippen molar-refractivity contribution in [3.8, 4) is 0 Å². The molecular weight excluding hydrogens is 952 g/mol. The molecule has 56 heavy (non-hydrogen) atoms. The number of unbranched alkanes of at least 4 members (excludes halogenated alkanes) is 1. The van der Waals surface area contributed by atoms with Gasteiger partial charge in [-0.15, -0.1) is 22.7 Å². The van der Waals surface area contributed by atoms with Crippen LogP contribution in [0.25, 0.3) is 0 Å². The van der Waals surface area contributed by atoms with Crippen LogP contribution in [0.2, 0.25) is 0 Å². The Hall–Kier alpha value is -1.46. The van der Waals surface area contributed by atoms with Crippen LogP contribution in [0, 0.1) is 30.6 Å². The number of hydrogen-bond donors (Lipinski definition) is 6. The van der Waals surface area contributed by atoms with Gasteiger partial charge in [-0.2, -0.15) is 0 Å². The van der Waals surface area contributed by atoms with Crippen molar-refractivity contribution < 1.29 is 45.0 Å². The van der Waals surface area contributed by atoms with Crippen LogP contribution >= 0.6 is 70.5 Å². The van der Waals surface area contributed by atoms with Gasteiger partial charge in [0.15, 0.2) is 0 Å². The summed E-state index contributed by atoms with van der Waals surface area (Å²) in [5, 5.41) is 58.2. The van der Waals surface area contributed by atoms with E-state index in [-0.39, 0.29) is 55.5 Å². The lowest BCUT2D eigenvalue weighted by Crippen LogP contribution is -2.18. The third-order valence-electron chi connectivity index (χ3n) is 10.2. The van der Waals surface area contributed by atoms with E-state index >= 15 is 0 Å². The molecule has 2 saturated carbocycles. The highest BCUT2D eigenvalue weighted by atomic mass is 79.9. The monoisotopic (exact) mass is 1010 g/mol. The molecule has 8 atom stereocenters. The number of carboxylic acid groups (broad SMARTS) is 2. The third kappa shape index (κ3) is 18.6. The van der Waals surface area contributed by atoms with E-state index in [2.05, 4.69) is 85.1 Å². The second kappa shape index (κ2) is 26.6. The van der Waals surface area contributed by atoms with E-state index < -0.39 is 24.1 Å². The average Bonchev–Trinajstić information content (AvgIpc) is 3.89. The molecule has 4 rings (SSSR count). The molecule has 14 heteroatoms. The molecular formula is C42H57Br3O9S2. The summed E-state index contributed by atoms with van der Waals surface area (Å²) in [6.07, 6.45) is 23.6. The highest BCUT2D eigenvalue weighted by Gasteiger charge is 2.33. The minimum atomic E-state index is -0.981. The predicted molar refractivity (Wildman–Crippen MR) is 235 cm³/mol. The molecule has 2 aliphatic carbocycles. The number of rotatable bonds is 22. The second-order valence-electron chi connectivity index (χ2n) is 14.5. The minimum absolute atomic E-state index is 0.120. The molecule has 0 aromatic carbocycles. The maximum Gasteiger partial charge on any atom is 0.329 e. The van der Waals surface area contributed by atoms with Crippen molar-refractivity contribution in [1.82, 2.24) is 0 Å². The smallest absolute Gasteiger partial charge is 0.329 e. The van der Waals surface area contributed by atoms with Crippen LogP contribution in [0.4, 0.5) is 0 Å². The SMILES string of the molecule is Cc1sc(CC[C@H](O)/C=C/[C@H]2CCC(O)[C@@H]2C/C=C\COCC(=O)O)cc1Br.O=C(O)CCC/C=C\C[C@H]1C(O)CC[C@@H]1/C=C/[C@@H](O)CCc1cc(Br)c(Br)s1. The fraction of sp³-hybridized carbons (Fsp3) is 0.571. The maximum atomic E-state index is 10.5. The maximum absolute atomic E-state index is 10.5. The molecule has 0 amide bonds. The number of thiophene rings is 2. The van der Waals surface area contributed by atoms with E-state index in [1.807, 2.05) is 24.3 Å². The summed E-state index contributed by atoms with van der Waals surface area (Å²) in [7, 11) is 0. The second-order valence-corrected chi connectivity index (χ2v) is 20.0. The molecule has 312 valence electrons. The number of aliphatic carboxylic acids is 2. The fourth-order valence-electron chi connectivity index (χ4n) is 7.04. The van der Waals surface area contributed by atoms with Crippen LogP contribution in [0.1, 0.15) is 85.3 Å². The number of ether oxygens (including phenoxy) is 1. The molecule has 2 unspecified atom stereocenters. The van der Waals surface area contributed by atoms with Gasteiger partial charge in [0.05, 0.1) is 34.8 Å². The van der Waals surface area contributed by atoms with Gasteiger partial charge in [0, 0.05) is 30.0 Å². The highest BCUT2D eigenvalue weighted by molar-refractivity contribution is 9.13. The van der Waals surface area contributed by atoms with E-state index in [0.717, 1.165) is 64.1 Å². The van der Waals surface area contributed by atoms with Crippen LogP contribution in [-0.4, -0.2) is 80.2 Å². The molecule has 2 aliphatic rings. The van der Waals surface area contributed by atoms with Gasteiger partial charge in [0.1, 0.15) is 6.61 Å². The zero-order valence-corrected chi connectivity index (χ0v) is 38.2. The normalized spacial score (nSPS) is 23.8. The number of halogens is 3. The standard InChI is InChI=1S/C21H28Br2O4S.C21H29BrO5S/c22-18-13-16(28-21(18)23)11-10-15(24)9-7-14-8-12-19(25)17(14)5-3-1-2-4-6-20(26)27;1-14-19(22)12-17(28-14)9-8-16(23)7-5-15-6-10-20(24)18(15)4-2-3-11-27-13-21(25)26/h1,3,7,9,13-15,17,19,24-25H,2,4-6,8,10-12H2,(H,26,27);2-3,5,7,12,15-16,18,20,23-24H,4,6,8-11,13H2,1H3,(H,25,26)/b3-1-,9-7+;3-2-,7-5+/t14-,15+,17+,19?;15-,16+,18+,20?/m00/s1. The number of carboxylic acids is 2. The first-order valence-corrected chi connectivity index (χ1v) is 23.3. The molecule has 2 heterocycles. The van der Waals surface area contributed by atoms with E-state index in [9.17, 15) is 30.0 Å². The van der Waals surface area contributed by atoms with Gasteiger partial charge in [-0.3, -0.25) is 4.79 Å². The highest BCUT2D eigenvalue weighted by Crippen LogP contribution is 2.38. The van der Waals surface area contributed by atoms with Crippen molar-refractivity contribution in [2.24, 2.45) is 23.7 Å². The van der Waals surface area contributed by atoms with Gasteiger partial charge in [0.25, 0.3) is 0 Å². The lowest BCUT2D eigenvalue weighted by Gasteiger charge is -2.18. The number of aliphatic hydroxyl groups is 4. The Labute approximate surface area is 364 Å². The first-order valence-electron chi connectivity index (χ1n) is 19.3. The molecule has 0 saturated heterocycles. The largest absolute Gasteiger partial charge is 0.481 e. The Kier molecular flexibility index (Phi) is 23.2. The molecule has 2 fully saturated rings. The average molecular weight is 1010 g/mol. The van der Waals surface area contributed by atoms with Crippen molar-refractivity contribution in [2.75, 3.05) is 13.2 Å². The van der Waals surface area contributed by atoms with Crippen LogP contribution in [0.5, 0.6) is 0 Å². The Balaban J connectivity index is 0.000000300. The Bertz CT molecular complexity index is 1450. The summed E-state index contributed by atoms with van der Waals surface area (Å²) in [6, 6.07) is 4.20. The summed E-state index contributed by atoms with van der Waals surface area (Å²) in [6.45, 7) is 2.03. The number of allylic oxidation sites excluding steroid dienone is 5. The number of hydrogen-bond acceptors (Lipinski definition) is 9. The first-order chi connectivity index (χ1) is 26.7. The van der Waals surface area contributed by atoms with Gasteiger partial charge < -0.3 is 35.4 Å². The molecule has 0 bridgehead atoms. The predicted octanol–water partition coefficient (Wildman–Crippen LogP) is 9.81. The minimum Gasteiger partial charge on any atom is -0.481 e. The van der Waals surface area contributed by atoms with Gasteiger partial charge in [-0.25, -0.2) is 4.79 Å². The van der Waals surface area contributed by atoms with Crippen LogP contribution < -0.4 is 0 Å². The molecule has 2 aromatic rings. The zero-order chi connectivity index (χ0) is 41.0. The van der Waals surface area contributed by atoms with Crippen LogP contribution in [0.3, 0.4) is 0 Å². The lowest BCUT2D eigenvalue weighted by molar-refractivity contribution is -0.141. The summed E-state index contributed by atoms with van der Waals surface area (Å²) >= 11 is 13.9. The first kappa shape index (κ1) is 48.9. The van der Waals surface area contributed by atoms with Crippen LogP contribution in [-0.2, 0) is 27.2 Å².